The van der Waals surface area contributed by atoms with Gasteiger partial charge < -0.3 is 34.9 Å². The number of imidazole rings is 1. The molecule has 2 aliphatic rings. The van der Waals surface area contributed by atoms with Crippen LogP contribution in [0.2, 0.25) is 0 Å². The number of carbonyl (C=O) groups is 1. The van der Waals surface area contributed by atoms with E-state index in [1.165, 1.54) is 6.33 Å². The van der Waals surface area contributed by atoms with Gasteiger partial charge in [-0.2, -0.15) is 0 Å². The van der Waals surface area contributed by atoms with Crippen molar-refractivity contribution in [2.45, 2.75) is 77.1 Å². The predicted molar refractivity (Wildman–Crippen MR) is 148 cm³/mol. The van der Waals surface area contributed by atoms with Gasteiger partial charge in [-0.25, -0.2) is 19.7 Å². The molecular weight excluding hydrogens is 514 g/mol. The molecule has 2 fully saturated rings. The van der Waals surface area contributed by atoms with Crippen LogP contribution in [0.1, 0.15) is 45.9 Å². The lowest BCUT2D eigenvalue weighted by Gasteiger charge is -2.28. The Hall–Kier alpha value is -3.32. The summed E-state index contributed by atoms with van der Waals surface area (Å²) < 4.78 is 26.4. The maximum atomic E-state index is 12.5. The maximum absolute atomic E-state index is 12.5. The fourth-order valence-corrected chi connectivity index (χ4v) is 5.33. The molecule has 2 aromatic heterocycles. The van der Waals surface area contributed by atoms with Crippen molar-refractivity contribution in [1.29, 1.82) is 0 Å². The molecule has 12 heteroatoms. The number of fused-ring (bicyclic) bond motifs is 2. The Labute approximate surface area is 234 Å². The lowest BCUT2D eigenvalue weighted by Crippen LogP contribution is -2.43. The van der Waals surface area contributed by atoms with Crippen molar-refractivity contribution in [3.8, 4) is 0 Å². The van der Waals surface area contributed by atoms with Gasteiger partial charge in [0, 0.05) is 12.6 Å². The molecule has 5 atom stereocenters. The number of rotatable bonds is 10. The summed E-state index contributed by atoms with van der Waals surface area (Å²) in [6.45, 7) is 9.60. The normalized spacial score (nSPS) is 24.5. The smallest absolute Gasteiger partial charge is 0.407 e. The summed E-state index contributed by atoms with van der Waals surface area (Å²) in [7, 11) is 2.04. The first-order chi connectivity index (χ1) is 19.1. The summed E-state index contributed by atoms with van der Waals surface area (Å²) in [5.41, 5.74) is 8.06. The molecule has 12 nitrogen and oxygen atoms in total. The molecule has 5 rings (SSSR count). The highest BCUT2D eigenvalue weighted by atomic mass is 16.8. The maximum Gasteiger partial charge on any atom is 0.407 e. The fraction of sp³-hybridized carbons (Fsp3) is 0.571. The summed E-state index contributed by atoms with van der Waals surface area (Å²) in [6.07, 6.45) is 2.08. The monoisotopic (exact) mass is 553 g/mol. The van der Waals surface area contributed by atoms with Gasteiger partial charge in [-0.1, -0.05) is 44.2 Å². The Morgan fingerprint density at radius 1 is 1.18 bits per heavy atom. The summed E-state index contributed by atoms with van der Waals surface area (Å²) in [6, 6.07) is 9.61. The lowest BCUT2D eigenvalue weighted by molar-refractivity contribution is -0.197. The quantitative estimate of drug-likeness (QED) is 0.385. The van der Waals surface area contributed by atoms with Crippen LogP contribution in [-0.2, 0) is 25.6 Å². The van der Waals surface area contributed by atoms with E-state index in [-0.39, 0.29) is 36.9 Å². The van der Waals surface area contributed by atoms with Crippen molar-refractivity contribution < 1.29 is 23.7 Å². The van der Waals surface area contributed by atoms with E-state index in [9.17, 15) is 4.79 Å². The number of nitrogens with one attached hydrogen (secondary N) is 1. The average Bonchev–Trinajstić information content (AvgIpc) is 3.57. The van der Waals surface area contributed by atoms with Crippen molar-refractivity contribution in [2.24, 2.45) is 5.92 Å². The molecule has 0 unspecified atom stereocenters. The number of alkyl carbamates (subject to hydrolysis) is 1. The number of carbonyl (C=O) groups excluding carboxylic acids is 1. The SMILES string of the molecule is CC(C)[C@@H](CCN(C)C[C@H]1O[C@@H](n2cnc3c(N)ncnc32)[C@@H]2OC(C)(C)O[C@@H]21)NC(=O)OCc1ccccc1. The Kier molecular flexibility index (Phi) is 8.22. The van der Waals surface area contributed by atoms with Crippen LogP contribution in [0.5, 0.6) is 0 Å². The van der Waals surface area contributed by atoms with Gasteiger partial charge in [0.2, 0.25) is 0 Å². The Bertz CT molecular complexity index is 1300. The largest absolute Gasteiger partial charge is 0.445 e. The van der Waals surface area contributed by atoms with Gasteiger partial charge in [0.15, 0.2) is 23.5 Å². The van der Waals surface area contributed by atoms with Crippen LogP contribution in [0, 0.1) is 5.92 Å². The Morgan fingerprint density at radius 2 is 1.93 bits per heavy atom. The minimum Gasteiger partial charge on any atom is -0.445 e. The van der Waals surface area contributed by atoms with E-state index in [1.807, 2.05) is 55.8 Å². The van der Waals surface area contributed by atoms with E-state index in [1.54, 1.807) is 6.33 Å². The number of nitrogens with zero attached hydrogens (tertiary/aromatic N) is 5. The topological polar surface area (TPSA) is 139 Å². The highest BCUT2D eigenvalue weighted by Crippen LogP contribution is 2.44. The Morgan fingerprint density at radius 3 is 2.67 bits per heavy atom. The average molecular weight is 554 g/mol. The number of aromatic nitrogens is 4. The predicted octanol–water partition coefficient (Wildman–Crippen LogP) is 3.10. The number of ether oxygens (including phenoxy) is 4. The van der Waals surface area contributed by atoms with Crippen molar-refractivity contribution in [3.05, 3.63) is 48.5 Å². The molecule has 0 spiro atoms. The Balaban J connectivity index is 1.19. The van der Waals surface area contributed by atoms with E-state index >= 15 is 0 Å². The van der Waals surface area contributed by atoms with Crippen LogP contribution in [0.4, 0.5) is 10.6 Å². The molecule has 0 bridgehead atoms. The molecule has 2 saturated heterocycles. The van der Waals surface area contributed by atoms with Gasteiger partial charge in [-0.05, 0) is 45.3 Å². The molecule has 2 aliphatic heterocycles. The molecule has 40 heavy (non-hydrogen) atoms. The first-order valence-corrected chi connectivity index (χ1v) is 13.7. The molecule has 0 saturated carbocycles. The zero-order valence-corrected chi connectivity index (χ0v) is 23.7. The summed E-state index contributed by atoms with van der Waals surface area (Å²) in [5, 5.41) is 3.03. The van der Waals surface area contributed by atoms with Crippen molar-refractivity contribution in [3.63, 3.8) is 0 Å². The minimum absolute atomic E-state index is 0.0387. The zero-order chi connectivity index (χ0) is 28.4. The lowest BCUT2D eigenvalue weighted by atomic mass is 10.0. The highest BCUT2D eigenvalue weighted by Gasteiger charge is 2.56. The third-order valence-electron chi connectivity index (χ3n) is 7.42. The number of amides is 1. The zero-order valence-electron chi connectivity index (χ0n) is 23.7. The molecule has 3 N–H and O–H groups in total. The van der Waals surface area contributed by atoms with E-state index in [0.29, 0.717) is 23.5 Å². The molecule has 4 heterocycles. The van der Waals surface area contributed by atoms with Gasteiger partial charge in [-0.3, -0.25) is 4.57 Å². The van der Waals surface area contributed by atoms with Gasteiger partial charge >= 0.3 is 6.09 Å². The number of hydrogen-bond acceptors (Lipinski definition) is 10. The van der Waals surface area contributed by atoms with Crippen LogP contribution < -0.4 is 11.1 Å². The third-order valence-corrected chi connectivity index (χ3v) is 7.42. The van der Waals surface area contributed by atoms with Crippen LogP contribution in [0.15, 0.2) is 43.0 Å². The van der Waals surface area contributed by atoms with Crippen molar-refractivity contribution in [2.75, 3.05) is 25.9 Å². The number of hydrogen-bond donors (Lipinski definition) is 2. The van der Waals surface area contributed by atoms with Crippen LogP contribution in [0.3, 0.4) is 0 Å². The summed E-state index contributed by atoms with van der Waals surface area (Å²) in [5.74, 6) is -0.188. The van der Waals surface area contributed by atoms with Crippen LogP contribution in [-0.4, -0.2) is 80.8 Å². The van der Waals surface area contributed by atoms with E-state index in [0.717, 1.165) is 18.5 Å². The summed E-state index contributed by atoms with van der Waals surface area (Å²) in [4.78, 5) is 27.5. The number of nitrogens with two attached hydrogens (primary N) is 1. The second kappa shape index (κ2) is 11.7. The second-order valence-corrected chi connectivity index (χ2v) is 11.3. The van der Waals surface area contributed by atoms with Gasteiger partial charge in [0.1, 0.15) is 36.8 Å². The first kappa shape index (κ1) is 28.2. The standard InChI is InChI=1S/C28H39N7O5/c1-17(2)19(33-27(36)37-14-18-9-7-6-8-10-18)11-12-34(5)13-20-22-23(40-28(3,4)39-22)26(38-20)35-16-32-21-24(29)30-15-31-25(21)35/h6-10,15-17,19-20,22-23,26H,11-14H2,1-5H3,(H,33,36)(H2,29,30,31)/t19-,20-,22-,23-,26-/m1/s1. The minimum atomic E-state index is -0.745. The number of anilines is 1. The van der Waals surface area contributed by atoms with Crippen molar-refractivity contribution >= 4 is 23.1 Å². The van der Waals surface area contributed by atoms with Crippen LogP contribution >= 0.6 is 0 Å². The molecular formula is C28H39N7O5. The summed E-state index contributed by atoms with van der Waals surface area (Å²) >= 11 is 0. The highest BCUT2D eigenvalue weighted by molar-refractivity contribution is 5.81. The van der Waals surface area contributed by atoms with E-state index in [4.69, 9.17) is 24.7 Å². The number of likely N-dealkylation sites (N-methyl/N-ethyl adjacent to an activating group) is 1. The fourth-order valence-electron chi connectivity index (χ4n) is 5.33. The van der Waals surface area contributed by atoms with E-state index < -0.39 is 18.1 Å². The van der Waals surface area contributed by atoms with Gasteiger partial charge in [0.25, 0.3) is 0 Å². The van der Waals surface area contributed by atoms with Crippen molar-refractivity contribution in [1.82, 2.24) is 29.7 Å². The van der Waals surface area contributed by atoms with Gasteiger partial charge in [0.05, 0.1) is 6.33 Å². The van der Waals surface area contributed by atoms with Crippen LogP contribution in [0.25, 0.3) is 11.2 Å². The number of benzene rings is 1. The third kappa shape index (κ3) is 6.20. The first-order valence-electron chi connectivity index (χ1n) is 13.7. The van der Waals surface area contributed by atoms with E-state index in [2.05, 4.69) is 39.0 Å². The molecule has 1 amide bonds. The molecule has 1 aromatic carbocycles. The molecule has 216 valence electrons. The molecule has 3 aromatic rings. The van der Waals surface area contributed by atoms with Gasteiger partial charge in [-0.15, -0.1) is 0 Å². The number of nitrogen functional groups attached to an aromatic ring is 1. The molecule has 0 radical (unpaired) electrons. The molecule has 0 aliphatic carbocycles. The second-order valence-electron chi connectivity index (χ2n) is 11.3.